The van der Waals surface area contributed by atoms with Gasteiger partial charge >= 0.3 is 11.9 Å². The van der Waals surface area contributed by atoms with Crippen molar-refractivity contribution in [2.75, 3.05) is 12.0 Å². The number of carboxylic acids is 2. The number of hydrogen-bond donors (Lipinski definition) is 7. The van der Waals surface area contributed by atoms with Crippen LogP contribution in [0, 0.1) is 5.92 Å². The molecule has 4 amide bonds. The molecule has 194 valence electrons. The van der Waals surface area contributed by atoms with Crippen molar-refractivity contribution in [2.45, 2.75) is 70.1 Å². The number of thioether (sulfide) groups is 1. The molecule has 0 heterocycles. The van der Waals surface area contributed by atoms with Gasteiger partial charge < -0.3 is 37.6 Å². The monoisotopic (exact) mass is 505 g/mol. The van der Waals surface area contributed by atoms with Crippen molar-refractivity contribution in [2.24, 2.45) is 17.4 Å². The smallest absolute Gasteiger partial charge is 0.326 e. The molecule has 9 N–H and O–H groups in total. The molecule has 0 bridgehead atoms. The lowest BCUT2D eigenvalue weighted by molar-refractivity contribution is -0.144. The second-order valence-electron chi connectivity index (χ2n) is 7.82. The molecule has 0 rings (SSSR count). The van der Waals surface area contributed by atoms with E-state index in [9.17, 15) is 33.9 Å². The molecule has 14 heteroatoms. The SMILES string of the molecule is CCC(C)C(NC(=O)C(CC(N)=O)NC(=O)C(CCC(=O)O)NC(=O)C(N)CCSC)C(=O)O. The molecule has 0 fully saturated rings. The fraction of sp³-hybridized carbons (Fsp3) is 0.700. The standard InChI is InChI=1S/C20H35N5O8S/c1-4-10(2)16(20(32)33)25-19(31)13(9-14(22)26)24-18(30)12(5-6-15(27)28)23-17(29)11(21)7-8-34-3/h10-13,16H,4-9,21H2,1-3H3,(H2,22,26)(H,23,29)(H,24,30)(H,25,31)(H,27,28)(H,32,33). The molecule has 5 unspecified atom stereocenters. The number of carbonyl (C=O) groups is 6. The van der Waals surface area contributed by atoms with Crippen molar-refractivity contribution in [1.82, 2.24) is 16.0 Å². The molecule has 0 saturated carbocycles. The molecule has 0 aromatic carbocycles. The van der Waals surface area contributed by atoms with Crippen LogP contribution >= 0.6 is 11.8 Å². The van der Waals surface area contributed by atoms with Crippen LogP contribution < -0.4 is 27.4 Å². The van der Waals surface area contributed by atoms with Gasteiger partial charge in [-0.25, -0.2) is 4.79 Å². The van der Waals surface area contributed by atoms with E-state index >= 15 is 0 Å². The summed E-state index contributed by atoms with van der Waals surface area (Å²) in [5.41, 5.74) is 11.0. The van der Waals surface area contributed by atoms with Crippen molar-refractivity contribution in [3.8, 4) is 0 Å². The third-order valence-electron chi connectivity index (χ3n) is 5.06. The van der Waals surface area contributed by atoms with Crippen molar-refractivity contribution >= 4 is 47.3 Å². The molecule has 13 nitrogen and oxygen atoms in total. The minimum Gasteiger partial charge on any atom is -0.481 e. The first-order valence-electron chi connectivity index (χ1n) is 10.7. The van der Waals surface area contributed by atoms with E-state index in [0.717, 1.165) is 0 Å². The number of nitrogens with one attached hydrogen (secondary N) is 3. The average Bonchev–Trinajstić information content (AvgIpc) is 2.76. The maximum Gasteiger partial charge on any atom is 0.326 e. The maximum atomic E-state index is 12.8. The van der Waals surface area contributed by atoms with Gasteiger partial charge in [-0.2, -0.15) is 11.8 Å². The highest BCUT2D eigenvalue weighted by Crippen LogP contribution is 2.09. The number of carbonyl (C=O) groups excluding carboxylic acids is 4. The van der Waals surface area contributed by atoms with E-state index in [1.54, 1.807) is 13.8 Å². The first-order chi connectivity index (χ1) is 15.8. The molecule has 0 radical (unpaired) electrons. The maximum absolute atomic E-state index is 12.8. The molecule has 0 saturated heterocycles. The van der Waals surface area contributed by atoms with Crippen molar-refractivity contribution in [3.63, 3.8) is 0 Å². The number of hydrogen-bond acceptors (Lipinski definition) is 8. The van der Waals surface area contributed by atoms with Crippen LogP contribution in [0.2, 0.25) is 0 Å². The van der Waals surface area contributed by atoms with E-state index in [4.69, 9.17) is 16.6 Å². The number of aliphatic carboxylic acids is 2. The zero-order chi connectivity index (χ0) is 26.4. The Hall–Kier alpha value is -2.87. The van der Waals surface area contributed by atoms with E-state index in [1.165, 1.54) is 11.8 Å². The van der Waals surface area contributed by atoms with Crippen molar-refractivity contribution in [3.05, 3.63) is 0 Å². The molecule has 0 aromatic heterocycles. The van der Waals surface area contributed by atoms with Gasteiger partial charge in [0.25, 0.3) is 0 Å². The third-order valence-corrected chi connectivity index (χ3v) is 5.71. The molecule has 0 spiro atoms. The van der Waals surface area contributed by atoms with Gasteiger partial charge in [-0.3, -0.25) is 24.0 Å². The van der Waals surface area contributed by atoms with Gasteiger partial charge in [-0.15, -0.1) is 0 Å². The first-order valence-corrected chi connectivity index (χ1v) is 12.1. The second-order valence-corrected chi connectivity index (χ2v) is 8.81. The lowest BCUT2D eigenvalue weighted by Crippen LogP contribution is -2.58. The summed E-state index contributed by atoms with van der Waals surface area (Å²) in [4.78, 5) is 71.8. The first kappa shape index (κ1) is 31.1. The van der Waals surface area contributed by atoms with Crippen LogP contribution in [0.25, 0.3) is 0 Å². The van der Waals surface area contributed by atoms with E-state index in [-0.39, 0.29) is 6.42 Å². The summed E-state index contributed by atoms with van der Waals surface area (Å²) in [6.45, 7) is 3.34. The van der Waals surface area contributed by atoms with Gasteiger partial charge in [0, 0.05) is 6.42 Å². The van der Waals surface area contributed by atoms with E-state index in [1.807, 2.05) is 6.26 Å². The van der Waals surface area contributed by atoms with Crippen LogP contribution in [0.1, 0.15) is 46.0 Å². The molecular formula is C20H35N5O8S. The highest BCUT2D eigenvalue weighted by molar-refractivity contribution is 7.98. The Balaban J connectivity index is 5.58. The number of amides is 4. The fourth-order valence-corrected chi connectivity index (χ4v) is 3.30. The summed E-state index contributed by atoms with van der Waals surface area (Å²) in [5.74, 6) is -5.90. The summed E-state index contributed by atoms with van der Waals surface area (Å²) >= 11 is 1.47. The highest BCUT2D eigenvalue weighted by Gasteiger charge is 2.32. The second kappa shape index (κ2) is 15.9. The molecule has 0 aliphatic rings. The minimum atomic E-state index is -1.54. The van der Waals surface area contributed by atoms with Crippen LogP contribution in [0.15, 0.2) is 0 Å². The zero-order valence-electron chi connectivity index (χ0n) is 19.5. The summed E-state index contributed by atoms with van der Waals surface area (Å²) < 4.78 is 0. The van der Waals surface area contributed by atoms with Gasteiger partial charge in [0.15, 0.2) is 0 Å². The predicted octanol–water partition coefficient (Wildman–Crippen LogP) is -1.61. The Morgan fingerprint density at radius 3 is 1.94 bits per heavy atom. The van der Waals surface area contributed by atoms with Crippen LogP contribution in [0.3, 0.4) is 0 Å². The normalized spacial score (nSPS) is 15.2. The Bertz CT molecular complexity index is 750. The van der Waals surface area contributed by atoms with E-state index < -0.39 is 78.5 Å². The predicted molar refractivity (Wildman–Crippen MR) is 125 cm³/mol. The number of nitrogens with two attached hydrogens (primary N) is 2. The summed E-state index contributed by atoms with van der Waals surface area (Å²) in [5, 5.41) is 25.3. The Labute approximate surface area is 202 Å². The van der Waals surface area contributed by atoms with Crippen LogP contribution in [0.5, 0.6) is 0 Å². The lowest BCUT2D eigenvalue weighted by Gasteiger charge is -2.26. The number of rotatable bonds is 17. The van der Waals surface area contributed by atoms with Crippen LogP contribution in [-0.4, -0.2) is 82.0 Å². The summed E-state index contributed by atoms with van der Waals surface area (Å²) in [7, 11) is 0. The summed E-state index contributed by atoms with van der Waals surface area (Å²) in [6.07, 6.45) is 1.16. The average molecular weight is 506 g/mol. The van der Waals surface area contributed by atoms with E-state index in [2.05, 4.69) is 16.0 Å². The molecule has 0 aliphatic carbocycles. The molecule has 0 aliphatic heterocycles. The van der Waals surface area contributed by atoms with Crippen molar-refractivity contribution < 1.29 is 39.0 Å². The number of carboxylic acid groups (broad SMARTS) is 2. The number of primary amides is 1. The quantitative estimate of drug-likeness (QED) is 0.119. The van der Waals surface area contributed by atoms with Gasteiger partial charge in [-0.05, 0) is 30.8 Å². The zero-order valence-corrected chi connectivity index (χ0v) is 20.4. The Morgan fingerprint density at radius 2 is 1.47 bits per heavy atom. The molecule has 0 aromatic rings. The van der Waals surface area contributed by atoms with Gasteiger partial charge in [0.2, 0.25) is 23.6 Å². The fourth-order valence-electron chi connectivity index (χ4n) is 2.81. The van der Waals surface area contributed by atoms with Crippen molar-refractivity contribution in [1.29, 1.82) is 0 Å². The Morgan fingerprint density at radius 1 is 0.912 bits per heavy atom. The van der Waals surface area contributed by atoms with Crippen LogP contribution in [0.4, 0.5) is 0 Å². The minimum absolute atomic E-state index is 0.308. The molecular weight excluding hydrogens is 470 g/mol. The highest BCUT2D eigenvalue weighted by atomic mass is 32.2. The largest absolute Gasteiger partial charge is 0.481 e. The summed E-state index contributed by atoms with van der Waals surface area (Å²) in [6, 6.07) is -5.12. The molecule has 34 heavy (non-hydrogen) atoms. The Kier molecular flexibility index (Phi) is 14.5. The van der Waals surface area contributed by atoms with Gasteiger partial charge in [0.1, 0.15) is 18.1 Å². The van der Waals surface area contributed by atoms with E-state index in [0.29, 0.717) is 18.6 Å². The van der Waals surface area contributed by atoms with Gasteiger partial charge in [-0.1, -0.05) is 20.3 Å². The topological polar surface area (TPSA) is 231 Å². The lowest BCUT2D eigenvalue weighted by atomic mass is 9.98. The van der Waals surface area contributed by atoms with Crippen LogP contribution in [-0.2, 0) is 28.8 Å². The van der Waals surface area contributed by atoms with Gasteiger partial charge in [0.05, 0.1) is 12.5 Å². The molecule has 5 atom stereocenters. The third kappa shape index (κ3) is 11.8.